The molecule has 0 aliphatic rings. The third kappa shape index (κ3) is 4.53. The molecule has 1 heterocycles. The minimum absolute atomic E-state index is 0.0799. The van der Waals surface area contributed by atoms with Crippen molar-refractivity contribution in [3.8, 4) is 11.8 Å². The molecule has 0 aliphatic heterocycles. The van der Waals surface area contributed by atoms with E-state index in [9.17, 15) is 33.7 Å². The second kappa shape index (κ2) is 9.36. The zero-order chi connectivity index (χ0) is 26.0. The number of carbonyl (C=O) groups is 1. The van der Waals surface area contributed by atoms with Crippen molar-refractivity contribution in [2.24, 2.45) is 0 Å². The molecule has 0 fully saturated rings. The maximum absolute atomic E-state index is 13.3. The summed E-state index contributed by atoms with van der Waals surface area (Å²) in [6.45, 7) is 1.84. The molecule has 180 valence electrons. The number of anilines is 1. The molecule has 0 aliphatic carbocycles. The van der Waals surface area contributed by atoms with Crippen LogP contribution in [0.5, 0.6) is 5.75 Å². The summed E-state index contributed by atoms with van der Waals surface area (Å²) in [6.07, 6.45) is 2.56. The summed E-state index contributed by atoms with van der Waals surface area (Å²) >= 11 is 0. The van der Waals surface area contributed by atoms with E-state index in [-0.39, 0.29) is 21.8 Å². The minimum Gasteiger partial charge on any atom is -0.506 e. The van der Waals surface area contributed by atoms with Crippen LogP contribution in [0.15, 0.2) is 83.4 Å². The van der Waals surface area contributed by atoms with Gasteiger partial charge in [0.1, 0.15) is 17.4 Å². The fourth-order valence-corrected chi connectivity index (χ4v) is 4.92. The Morgan fingerprint density at radius 3 is 2.47 bits per heavy atom. The monoisotopic (exact) mass is 502 g/mol. The lowest BCUT2D eigenvalue weighted by Gasteiger charge is -2.07. The highest BCUT2D eigenvalue weighted by molar-refractivity contribution is 7.90. The lowest BCUT2D eigenvalue weighted by Crippen LogP contribution is -2.13. The first-order valence-electron chi connectivity index (χ1n) is 10.4. The van der Waals surface area contributed by atoms with Crippen LogP contribution in [-0.2, 0) is 14.8 Å². The number of fused-ring (bicyclic) bond motifs is 1. The minimum atomic E-state index is -3.97. The second-order valence-electron chi connectivity index (χ2n) is 7.80. The maximum Gasteiger partial charge on any atom is 0.273 e. The van der Waals surface area contributed by atoms with Gasteiger partial charge in [0.25, 0.3) is 21.6 Å². The summed E-state index contributed by atoms with van der Waals surface area (Å²) in [7, 11) is -3.97. The fraction of sp³-hybridized carbons (Fsp3) is 0.0400. The molecule has 0 saturated heterocycles. The van der Waals surface area contributed by atoms with Crippen LogP contribution in [-0.4, -0.2) is 28.3 Å². The number of aromatic nitrogens is 1. The number of hydrogen-bond donors (Lipinski definition) is 2. The summed E-state index contributed by atoms with van der Waals surface area (Å²) < 4.78 is 27.8. The number of nitro groups is 1. The Morgan fingerprint density at radius 2 is 1.83 bits per heavy atom. The number of rotatable bonds is 6. The normalized spacial score (nSPS) is 11.7. The van der Waals surface area contributed by atoms with Gasteiger partial charge in [-0.1, -0.05) is 35.9 Å². The molecule has 0 bridgehead atoms. The largest absolute Gasteiger partial charge is 0.506 e. The van der Waals surface area contributed by atoms with Gasteiger partial charge >= 0.3 is 0 Å². The summed E-state index contributed by atoms with van der Waals surface area (Å²) in [5, 5.41) is 33.3. The summed E-state index contributed by atoms with van der Waals surface area (Å²) in [5.74, 6) is -1.43. The SMILES string of the molecule is Cc1ccc(S(=O)(=O)n2cc(C=C(C#N)C(=O)Nc3ccc([N+](=O)[O-])cc3O)c3ccccc32)cc1. The molecule has 0 atom stereocenters. The zero-order valence-electron chi connectivity index (χ0n) is 18.7. The first kappa shape index (κ1) is 24.2. The number of hydrogen-bond acceptors (Lipinski definition) is 7. The van der Waals surface area contributed by atoms with Gasteiger partial charge in [0.05, 0.1) is 27.1 Å². The third-order valence-electron chi connectivity index (χ3n) is 5.39. The van der Waals surface area contributed by atoms with Gasteiger partial charge in [-0.25, -0.2) is 12.4 Å². The van der Waals surface area contributed by atoms with Crippen LogP contribution in [0.2, 0.25) is 0 Å². The highest BCUT2D eigenvalue weighted by Gasteiger charge is 2.22. The summed E-state index contributed by atoms with van der Waals surface area (Å²) in [4.78, 5) is 23.0. The molecular weight excluding hydrogens is 484 g/mol. The number of nitrogens with zero attached hydrogens (tertiary/aromatic N) is 3. The molecule has 1 amide bonds. The average molecular weight is 503 g/mol. The highest BCUT2D eigenvalue weighted by Crippen LogP contribution is 2.30. The van der Waals surface area contributed by atoms with Gasteiger partial charge in [-0.3, -0.25) is 14.9 Å². The molecule has 11 heteroatoms. The van der Waals surface area contributed by atoms with Gasteiger partial charge < -0.3 is 10.4 Å². The number of phenols is 1. The van der Waals surface area contributed by atoms with Crippen LogP contribution in [0.4, 0.5) is 11.4 Å². The maximum atomic E-state index is 13.3. The van der Waals surface area contributed by atoms with Crippen LogP contribution in [0.1, 0.15) is 11.1 Å². The standard InChI is InChI=1S/C25H18N4O6S/c1-16-6-9-20(10-7-16)36(34,35)28-15-18(21-4-2-3-5-23(21)28)12-17(14-26)25(31)27-22-11-8-19(29(32)33)13-24(22)30/h2-13,15,30H,1H3,(H,27,31). The van der Waals surface area contributed by atoms with Crippen LogP contribution < -0.4 is 5.32 Å². The number of aromatic hydroxyl groups is 1. The van der Waals surface area contributed by atoms with Crippen LogP contribution in [0.3, 0.4) is 0 Å². The number of amides is 1. The number of benzene rings is 3. The molecule has 4 aromatic rings. The number of carbonyl (C=O) groups excluding carboxylic acids is 1. The second-order valence-corrected chi connectivity index (χ2v) is 9.61. The van der Waals surface area contributed by atoms with Gasteiger partial charge in [0.2, 0.25) is 0 Å². The quantitative estimate of drug-likeness (QED) is 0.131. The number of para-hydroxylation sites is 1. The van der Waals surface area contributed by atoms with Gasteiger partial charge in [0.15, 0.2) is 0 Å². The van der Waals surface area contributed by atoms with E-state index in [1.165, 1.54) is 24.4 Å². The Kier molecular flexibility index (Phi) is 6.29. The van der Waals surface area contributed by atoms with E-state index in [0.717, 1.165) is 27.7 Å². The van der Waals surface area contributed by atoms with E-state index < -0.39 is 26.6 Å². The van der Waals surface area contributed by atoms with E-state index in [2.05, 4.69) is 5.32 Å². The highest BCUT2D eigenvalue weighted by atomic mass is 32.2. The summed E-state index contributed by atoms with van der Waals surface area (Å²) in [6, 6.07) is 17.9. The smallest absolute Gasteiger partial charge is 0.273 e. The van der Waals surface area contributed by atoms with E-state index in [1.54, 1.807) is 42.5 Å². The molecular formula is C25H18N4O6S. The molecule has 1 aromatic heterocycles. The zero-order valence-corrected chi connectivity index (χ0v) is 19.6. The molecule has 0 unspecified atom stereocenters. The average Bonchev–Trinajstić information content (AvgIpc) is 3.23. The number of non-ortho nitro benzene ring substituents is 1. The van der Waals surface area contributed by atoms with Crippen LogP contribution in [0, 0.1) is 28.4 Å². The van der Waals surface area contributed by atoms with Crippen molar-refractivity contribution in [1.29, 1.82) is 5.26 Å². The number of aryl methyl sites for hydroxylation is 1. The Hall–Kier alpha value is -4.95. The Balaban J connectivity index is 1.74. The van der Waals surface area contributed by atoms with E-state index >= 15 is 0 Å². The summed E-state index contributed by atoms with van der Waals surface area (Å²) in [5.41, 5.74) is 0.693. The lowest BCUT2D eigenvalue weighted by atomic mass is 10.1. The van der Waals surface area contributed by atoms with Gasteiger partial charge in [0, 0.05) is 23.2 Å². The third-order valence-corrected chi connectivity index (χ3v) is 7.08. The Morgan fingerprint density at radius 1 is 1.14 bits per heavy atom. The molecule has 2 N–H and O–H groups in total. The van der Waals surface area contributed by atoms with Gasteiger partial charge in [-0.05, 0) is 37.3 Å². The van der Waals surface area contributed by atoms with Crippen molar-refractivity contribution in [2.45, 2.75) is 11.8 Å². The van der Waals surface area contributed by atoms with Gasteiger partial charge in [-0.2, -0.15) is 5.26 Å². The van der Waals surface area contributed by atoms with Crippen LogP contribution in [0.25, 0.3) is 17.0 Å². The Labute approximate surface area is 205 Å². The van der Waals surface area contributed by atoms with Gasteiger partial charge in [-0.15, -0.1) is 0 Å². The molecule has 0 spiro atoms. The van der Waals surface area contributed by atoms with Crippen LogP contribution >= 0.6 is 0 Å². The van der Waals surface area contributed by atoms with Crippen molar-refractivity contribution >= 4 is 44.3 Å². The predicted molar refractivity (Wildman–Crippen MR) is 133 cm³/mol. The van der Waals surface area contributed by atoms with Crippen molar-refractivity contribution in [3.63, 3.8) is 0 Å². The number of phenolic OH excluding ortho intramolecular Hbond substituents is 1. The molecule has 0 saturated carbocycles. The molecule has 3 aromatic carbocycles. The van der Waals surface area contributed by atoms with E-state index in [1.807, 2.05) is 6.92 Å². The topological polar surface area (TPSA) is 155 Å². The molecule has 10 nitrogen and oxygen atoms in total. The Bertz CT molecular complexity index is 1700. The number of nitriles is 1. The predicted octanol–water partition coefficient (Wildman–Crippen LogP) is 4.35. The van der Waals surface area contributed by atoms with Crippen molar-refractivity contribution in [2.75, 3.05) is 5.32 Å². The van der Waals surface area contributed by atoms with Crippen molar-refractivity contribution in [3.05, 3.63) is 99.7 Å². The number of nitro benzene ring substituents is 1. The lowest BCUT2D eigenvalue weighted by molar-refractivity contribution is -0.384. The molecule has 0 radical (unpaired) electrons. The van der Waals surface area contributed by atoms with Crippen molar-refractivity contribution in [1.82, 2.24) is 3.97 Å². The van der Waals surface area contributed by atoms with Crippen molar-refractivity contribution < 1.29 is 23.2 Å². The molecule has 4 rings (SSSR count). The molecule has 36 heavy (non-hydrogen) atoms. The first-order chi connectivity index (χ1) is 17.1. The number of nitrogens with one attached hydrogen (secondary N) is 1. The van der Waals surface area contributed by atoms with E-state index in [0.29, 0.717) is 16.5 Å². The fourth-order valence-electron chi connectivity index (χ4n) is 3.55. The van der Waals surface area contributed by atoms with E-state index in [4.69, 9.17) is 0 Å². The first-order valence-corrected chi connectivity index (χ1v) is 11.9.